The van der Waals surface area contributed by atoms with Gasteiger partial charge in [-0.1, -0.05) is 6.07 Å². The molecule has 28 heavy (non-hydrogen) atoms. The van der Waals surface area contributed by atoms with Crippen molar-refractivity contribution in [1.82, 2.24) is 19.7 Å². The lowest BCUT2D eigenvalue weighted by atomic mass is 10.1. The summed E-state index contributed by atoms with van der Waals surface area (Å²) in [6, 6.07) is 7.64. The second kappa shape index (κ2) is 8.05. The molecule has 0 amide bonds. The second-order valence-electron chi connectivity index (χ2n) is 7.28. The quantitative estimate of drug-likeness (QED) is 0.494. The number of benzene rings is 1. The number of hydrogen-bond donors (Lipinski definition) is 4. The molecule has 148 valence electrons. The third kappa shape index (κ3) is 4.92. The molecule has 0 saturated heterocycles. The molecule has 3 aromatic rings. The van der Waals surface area contributed by atoms with Gasteiger partial charge < -0.3 is 20.6 Å². The van der Waals surface area contributed by atoms with Crippen LogP contribution in [0, 0.1) is 6.92 Å². The zero-order valence-electron chi connectivity index (χ0n) is 16.2. The number of aliphatic hydroxyl groups excluding tert-OH is 2. The zero-order chi connectivity index (χ0) is 20.3. The van der Waals surface area contributed by atoms with Crippen LogP contribution in [-0.2, 0) is 6.54 Å². The molecule has 8 nitrogen and oxygen atoms in total. The van der Waals surface area contributed by atoms with Crippen molar-refractivity contribution in [3.63, 3.8) is 0 Å². The van der Waals surface area contributed by atoms with Gasteiger partial charge in [0.2, 0.25) is 5.95 Å². The molecule has 2 heterocycles. The second-order valence-corrected chi connectivity index (χ2v) is 7.28. The van der Waals surface area contributed by atoms with Crippen molar-refractivity contribution in [2.45, 2.75) is 39.0 Å². The van der Waals surface area contributed by atoms with Crippen LogP contribution in [-0.4, -0.2) is 47.3 Å². The number of aromatic nitrogens is 4. The summed E-state index contributed by atoms with van der Waals surface area (Å²) in [5.41, 5.74) is 3.01. The van der Waals surface area contributed by atoms with Gasteiger partial charge in [0, 0.05) is 23.6 Å². The Bertz CT molecular complexity index is 953. The van der Waals surface area contributed by atoms with E-state index < -0.39 is 11.7 Å². The molecule has 2 unspecified atom stereocenters. The van der Waals surface area contributed by atoms with Crippen LogP contribution in [0.2, 0.25) is 0 Å². The number of nitrogens with zero attached hydrogens (tertiary/aromatic N) is 4. The van der Waals surface area contributed by atoms with Gasteiger partial charge in [-0.3, -0.25) is 4.68 Å². The van der Waals surface area contributed by atoms with Crippen LogP contribution in [0.1, 0.15) is 31.2 Å². The maximum absolute atomic E-state index is 10.0. The Morgan fingerprint density at radius 3 is 2.75 bits per heavy atom. The fourth-order valence-corrected chi connectivity index (χ4v) is 2.81. The fourth-order valence-electron chi connectivity index (χ4n) is 2.81. The Hall–Kier alpha value is -2.81. The van der Waals surface area contributed by atoms with Gasteiger partial charge >= 0.3 is 0 Å². The van der Waals surface area contributed by atoms with Crippen molar-refractivity contribution in [2.75, 3.05) is 11.9 Å². The Kier molecular flexibility index (Phi) is 5.73. The Balaban J connectivity index is 1.84. The van der Waals surface area contributed by atoms with Gasteiger partial charge in [-0.05, 0) is 50.1 Å². The summed E-state index contributed by atoms with van der Waals surface area (Å²) in [4.78, 5) is 8.52. The molecule has 0 spiro atoms. The minimum Gasteiger partial charge on any atom is -0.393 e. The van der Waals surface area contributed by atoms with Gasteiger partial charge in [0.15, 0.2) is 0 Å². The van der Waals surface area contributed by atoms with Crippen LogP contribution >= 0.6 is 0 Å². The number of aliphatic hydroxyl groups is 3. The van der Waals surface area contributed by atoms with E-state index in [4.69, 9.17) is 0 Å². The Morgan fingerprint density at radius 2 is 2.04 bits per heavy atom. The summed E-state index contributed by atoms with van der Waals surface area (Å²) >= 11 is 0. The highest BCUT2D eigenvalue weighted by Gasteiger charge is 2.20. The normalized spacial score (nSPS) is 14.5. The van der Waals surface area contributed by atoms with Crippen LogP contribution in [0.3, 0.4) is 0 Å². The lowest BCUT2D eigenvalue weighted by Crippen LogP contribution is -2.34. The number of aryl methyl sites for hydroxylation is 1. The van der Waals surface area contributed by atoms with Crippen molar-refractivity contribution in [2.24, 2.45) is 0 Å². The molecule has 0 fully saturated rings. The van der Waals surface area contributed by atoms with Gasteiger partial charge in [-0.15, -0.1) is 0 Å². The molecular formula is C20H25N5O3. The van der Waals surface area contributed by atoms with Crippen molar-refractivity contribution in [3.8, 4) is 11.1 Å². The van der Waals surface area contributed by atoms with E-state index in [0.717, 1.165) is 22.4 Å². The first kappa shape index (κ1) is 19.9. The highest BCUT2D eigenvalue weighted by Crippen LogP contribution is 2.26. The molecule has 0 bridgehead atoms. The highest BCUT2D eigenvalue weighted by atomic mass is 16.3. The van der Waals surface area contributed by atoms with Crippen molar-refractivity contribution in [1.29, 1.82) is 0 Å². The SMILES string of the molecule is Cc1cc(Nc2nccc(C(C)O)n2)cc(-c2cnn(CC(C)(O)CO)c2)c1. The largest absolute Gasteiger partial charge is 0.393 e. The summed E-state index contributed by atoms with van der Waals surface area (Å²) < 4.78 is 1.61. The molecule has 0 saturated carbocycles. The summed E-state index contributed by atoms with van der Waals surface area (Å²) in [5, 5.41) is 36.4. The van der Waals surface area contributed by atoms with E-state index in [1.165, 1.54) is 0 Å². The molecule has 0 aliphatic rings. The molecule has 0 aliphatic heterocycles. The smallest absolute Gasteiger partial charge is 0.227 e. The zero-order valence-corrected chi connectivity index (χ0v) is 16.2. The summed E-state index contributed by atoms with van der Waals surface area (Å²) in [7, 11) is 0. The number of nitrogens with one attached hydrogen (secondary N) is 1. The first-order chi connectivity index (χ1) is 13.3. The topological polar surface area (TPSA) is 116 Å². The van der Waals surface area contributed by atoms with Gasteiger partial charge in [0.25, 0.3) is 0 Å². The lowest BCUT2D eigenvalue weighted by Gasteiger charge is -2.19. The van der Waals surface area contributed by atoms with E-state index in [2.05, 4.69) is 20.4 Å². The van der Waals surface area contributed by atoms with Crippen molar-refractivity contribution >= 4 is 11.6 Å². The fraction of sp³-hybridized carbons (Fsp3) is 0.350. The highest BCUT2D eigenvalue weighted by molar-refractivity contribution is 5.70. The van der Waals surface area contributed by atoms with E-state index in [1.54, 1.807) is 37.0 Å². The third-order valence-electron chi connectivity index (χ3n) is 4.25. The average Bonchev–Trinajstić information content (AvgIpc) is 3.09. The third-order valence-corrected chi connectivity index (χ3v) is 4.25. The van der Waals surface area contributed by atoms with Crippen LogP contribution < -0.4 is 5.32 Å². The standard InChI is InChI=1S/C20H25N5O3/c1-13-6-15(16-9-22-25(10-16)11-20(3,28)12-26)8-17(7-13)23-19-21-5-4-18(24-19)14(2)27/h4-10,14,26-28H,11-12H2,1-3H3,(H,21,23,24). The summed E-state index contributed by atoms with van der Waals surface area (Å²) in [6.07, 6.45) is 4.48. The van der Waals surface area contributed by atoms with E-state index in [1.807, 2.05) is 31.3 Å². The first-order valence-electron chi connectivity index (χ1n) is 9.01. The molecule has 4 N–H and O–H groups in total. The van der Waals surface area contributed by atoms with E-state index in [9.17, 15) is 15.3 Å². The summed E-state index contributed by atoms with van der Waals surface area (Å²) in [6.45, 7) is 5.06. The number of hydrogen-bond acceptors (Lipinski definition) is 7. The minimum atomic E-state index is -1.23. The van der Waals surface area contributed by atoms with Gasteiger partial charge in [0.1, 0.15) is 5.60 Å². The molecule has 2 aromatic heterocycles. The monoisotopic (exact) mass is 383 g/mol. The minimum absolute atomic E-state index is 0.195. The van der Waals surface area contributed by atoms with Crippen molar-refractivity contribution < 1.29 is 15.3 Å². The number of rotatable bonds is 7. The Morgan fingerprint density at radius 1 is 1.25 bits per heavy atom. The molecule has 0 aliphatic carbocycles. The van der Waals surface area contributed by atoms with Gasteiger partial charge in [-0.2, -0.15) is 5.10 Å². The molecule has 1 aromatic carbocycles. The average molecular weight is 383 g/mol. The van der Waals surface area contributed by atoms with E-state index in [0.29, 0.717) is 11.6 Å². The molecule has 2 atom stereocenters. The molecule has 0 radical (unpaired) electrons. The van der Waals surface area contributed by atoms with Crippen LogP contribution in [0.4, 0.5) is 11.6 Å². The maximum Gasteiger partial charge on any atom is 0.227 e. The van der Waals surface area contributed by atoms with Gasteiger partial charge in [-0.25, -0.2) is 9.97 Å². The molecule has 3 rings (SSSR count). The van der Waals surface area contributed by atoms with E-state index in [-0.39, 0.29) is 13.2 Å². The van der Waals surface area contributed by atoms with Gasteiger partial charge in [0.05, 0.1) is 31.1 Å². The molecule has 8 heteroatoms. The van der Waals surface area contributed by atoms with Crippen LogP contribution in [0.25, 0.3) is 11.1 Å². The van der Waals surface area contributed by atoms with E-state index >= 15 is 0 Å². The first-order valence-corrected chi connectivity index (χ1v) is 9.01. The Labute approximate surface area is 163 Å². The predicted octanol–water partition coefficient (Wildman–Crippen LogP) is 2.19. The number of anilines is 2. The van der Waals surface area contributed by atoms with Crippen LogP contribution in [0.5, 0.6) is 0 Å². The summed E-state index contributed by atoms with van der Waals surface area (Å²) in [5.74, 6) is 0.407. The molecular weight excluding hydrogens is 358 g/mol. The lowest BCUT2D eigenvalue weighted by molar-refractivity contribution is -0.0145. The van der Waals surface area contributed by atoms with Crippen molar-refractivity contribution in [3.05, 3.63) is 54.1 Å². The predicted molar refractivity (Wildman–Crippen MR) is 106 cm³/mol. The maximum atomic E-state index is 10.0. The van der Waals surface area contributed by atoms with Crippen LogP contribution in [0.15, 0.2) is 42.9 Å².